The van der Waals surface area contributed by atoms with Gasteiger partial charge in [-0.25, -0.2) is 0 Å². The Morgan fingerprint density at radius 2 is 1.93 bits per heavy atom. The molecule has 2 heterocycles. The third-order valence-electron chi connectivity index (χ3n) is 4.93. The van der Waals surface area contributed by atoms with Gasteiger partial charge in [0, 0.05) is 25.3 Å². The van der Waals surface area contributed by atoms with E-state index in [4.69, 9.17) is 4.74 Å². The molecular formula is C20H26N4O3. The molecule has 3 rings (SSSR count). The van der Waals surface area contributed by atoms with Crippen molar-refractivity contribution in [1.29, 1.82) is 0 Å². The molecule has 1 atom stereocenters. The van der Waals surface area contributed by atoms with Gasteiger partial charge in [0.2, 0.25) is 11.8 Å². The summed E-state index contributed by atoms with van der Waals surface area (Å²) in [7, 11) is 1.63. The van der Waals surface area contributed by atoms with E-state index < -0.39 is 6.04 Å². The fraction of sp³-hybridized carbons (Fsp3) is 0.450. The zero-order chi connectivity index (χ0) is 19.6. The van der Waals surface area contributed by atoms with Crippen molar-refractivity contribution in [2.45, 2.75) is 33.4 Å². The molecule has 1 aliphatic heterocycles. The number of hydrogen-bond acceptors (Lipinski definition) is 4. The molecule has 0 saturated carbocycles. The quantitative estimate of drug-likeness (QED) is 0.807. The summed E-state index contributed by atoms with van der Waals surface area (Å²) in [5, 5.41) is 4.39. The van der Waals surface area contributed by atoms with E-state index in [1.165, 1.54) is 0 Å². The third kappa shape index (κ3) is 4.13. The Balaban J connectivity index is 1.61. The van der Waals surface area contributed by atoms with E-state index in [0.29, 0.717) is 19.6 Å². The van der Waals surface area contributed by atoms with Crippen molar-refractivity contribution in [3.8, 4) is 5.75 Å². The molecule has 144 valence electrons. The zero-order valence-corrected chi connectivity index (χ0v) is 16.3. The van der Waals surface area contributed by atoms with Crippen LogP contribution in [0.3, 0.4) is 0 Å². The Labute approximate surface area is 159 Å². The molecule has 1 aliphatic rings. The van der Waals surface area contributed by atoms with Crippen LogP contribution in [0.25, 0.3) is 0 Å². The van der Waals surface area contributed by atoms with E-state index in [2.05, 4.69) is 5.10 Å². The maximum Gasteiger partial charge on any atom is 0.247 e. The molecule has 1 saturated heterocycles. The van der Waals surface area contributed by atoms with Crippen molar-refractivity contribution in [2.75, 3.05) is 26.7 Å². The van der Waals surface area contributed by atoms with Gasteiger partial charge in [-0.1, -0.05) is 12.1 Å². The van der Waals surface area contributed by atoms with E-state index >= 15 is 0 Å². The molecule has 1 aromatic heterocycles. The second-order valence-electron chi connectivity index (χ2n) is 6.97. The average molecular weight is 370 g/mol. The van der Waals surface area contributed by atoms with Gasteiger partial charge in [0.15, 0.2) is 0 Å². The van der Waals surface area contributed by atoms with E-state index in [1.807, 2.05) is 51.1 Å². The summed E-state index contributed by atoms with van der Waals surface area (Å²) in [6, 6.07) is 9.20. The molecule has 1 fully saturated rings. The first-order valence-electron chi connectivity index (χ1n) is 9.11. The standard InChI is InChI=1S/C20H26N4O3/c1-14-11-15(2)24(21-14)16(3)20(26)23-10-9-22(19(25)13-23)12-17-5-7-18(27-4)8-6-17/h5-8,11,16H,9-10,12-13H2,1-4H3/t16-/m0/s1. The number of nitrogens with zero attached hydrogens (tertiary/aromatic N) is 4. The molecule has 1 aromatic carbocycles. The first-order chi connectivity index (χ1) is 12.9. The topological polar surface area (TPSA) is 67.7 Å². The monoisotopic (exact) mass is 370 g/mol. The minimum absolute atomic E-state index is 0.0361. The van der Waals surface area contributed by atoms with Crippen LogP contribution in [0.5, 0.6) is 5.75 Å². The van der Waals surface area contributed by atoms with Crippen LogP contribution >= 0.6 is 0 Å². The van der Waals surface area contributed by atoms with Crippen LogP contribution in [-0.2, 0) is 16.1 Å². The van der Waals surface area contributed by atoms with Crippen molar-refractivity contribution >= 4 is 11.8 Å². The number of methoxy groups -OCH3 is 1. The molecule has 0 N–H and O–H groups in total. The van der Waals surface area contributed by atoms with Crippen molar-refractivity contribution in [3.05, 3.63) is 47.3 Å². The zero-order valence-electron chi connectivity index (χ0n) is 16.3. The first kappa shape index (κ1) is 18.9. The van der Waals surface area contributed by atoms with Gasteiger partial charge in [0.25, 0.3) is 0 Å². The summed E-state index contributed by atoms with van der Waals surface area (Å²) in [5.41, 5.74) is 2.87. The highest BCUT2D eigenvalue weighted by Gasteiger charge is 2.30. The number of amides is 2. The second-order valence-corrected chi connectivity index (χ2v) is 6.97. The summed E-state index contributed by atoms with van der Waals surface area (Å²) in [4.78, 5) is 28.8. The van der Waals surface area contributed by atoms with E-state index in [0.717, 1.165) is 22.7 Å². The van der Waals surface area contributed by atoms with Gasteiger partial charge in [-0.15, -0.1) is 0 Å². The lowest BCUT2D eigenvalue weighted by Gasteiger charge is -2.35. The minimum Gasteiger partial charge on any atom is -0.497 e. The molecule has 27 heavy (non-hydrogen) atoms. The second kappa shape index (κ2) is 7.82. The van der Waals surface area contributed by atoms with Crippen LogP contribution in [0.2, 0.25) is 0 Å². The Bertz CT molecular complexity index is 828. The van der Waals surface area contributed by atoms with Crippen molar-refractivity contribution in [2.24, 2.45) is 0 Å². The van der Waals surface area contributed by atoms with E-state index in [9.17, 15) is 9.59 Å². The molecule has 0 radical (unpaired) electrons. The van der Waals surface area contributed by atoms with Crippen molar-refractivity contribution in [1.82, 2.24) is 19.6 Å². The normalized spacial score (nSPS) is 15.8. The molecule has 0 aliphatic carbocycles. The Morgan fingerprint density at radius 3 is 2.48 bits per heavy atom. The van der Waals surface area contributed by atoms with Crippen molar-refractivity contribution in [3.63, 3.8) is 0 Å². The lowest BCUT2D eigenvalue weighted by molar-refractivity contribution is -0.147. The van der Waals surface area contributed by atoms with Gasteiger partial charge in [0.05, 0.1) is 19.3 Å². The highest BCUT2D eigenvalue weighted by Crippen LogP contribution is 2.18. The Hall–Kier alpha value is -2.83. The van der Waals surface area contributed by atoms with E-state index in [1.54, 1.807) is 21.6 Å². The summed E-state index contributed by atoms with van der Waals surface area (Å²) in [5.74, 6) is 0.684. The van der Waals surface area contributed by atoms with Crippen LogP contribution in [0.15, 0.2) is 30.3 Å². The van der Waals surface area contributed by atoms with Crippen LogP contribution in [0.4, 0.5) is 0 Å². The summed E-state index contributed by atoms with van der Waals surface area (Å²) in [6.45, 7) is 7.38. The van der Waals surface area contributed by atoms with Gasteiger partial charge in [-0.2, -0.15) is 5.10 Å². The van der Waals surface area contributed by atoms with Crippen molar-refractivity contribution < 1.29 is 14.3 Å². The smallest absolute Gasteiger partial charge is 0.247 e. The van der Waals surface area contributed by atoms with Crippen LogP contribution in [0.1, 0.15) is 29.9 Å². The molecule has 0 unspecified atom stereocenters. The SMILES string of the molecule is COc1ccc(CN2CCN(C(=O)[C@H](C)n3nc(C)cc3C)CC2=O)cc1. The number of hydrogen-bond donors (Lipinski definition) is 0. The number of aromatic nitrogens is 2. The van der Waals surface area contributed by atoms with Gasteiger partial charge < -0.3 is 14.5 Å². The van der Waals surface area contributed by atoms with Crippen LogP contribution in [-0.4, -0.2) is 58.1 Å². The highest BCUT2D eigenvalue weighted by atomic mass is 16.5. The molecule has 7 nitrogen and oxygen atoms in total. The Morgan fingerprint density at radius 1 is 1.22 bits per heavy atom. The summed E-state index contributed by atoms with van der Waals surface area (Å²) >= 11 is 0. The number of ether oxygens (including phenoxy) is 1. The molecule has 0 spiro atoms. The number of piperazine rings is 1. The molecule has 2 amide bonds. The number of aryl methyl sites for hydroxylation is 2. The lowest BCUT2D eigenvalue weighted by atomic mass is 10.1. The maximum absolute atomic E-state index is 12.8. The summed E-state index contributed by atoms with van der Waals surface area (Å²) in [6.07, 6.45) is 0. The number of carbonyl (C=O) groups is 2. The van der Waals surface area contributed by atoms with E-state index in [-0.39, 0.29) is 18.4 Å². The summed E-state index contributed by atoms with van der Waals surface area (Å²) < 4.78 is 6.89. The third-order valence-corrected chi connectivity index (χ3v) is 4.93. The van der Waals surface area contributed by atoms with Gasteiger partial charge >= 0.3 is 0 Å². The number of rotatable bonds is 5. The Kier molecular flexibility index (Phi) is 5.48. The predicted octanol–water partition coefficient (Wildman–Crippen LogP) is 1.94. The molecule has 2 aromatic rings. The van der Waals surface area contributed by atoms with Crippen LogP contribution < -0.4 is 4.74 Å². The lowest BCUT2D eigenvalue weighted by Crippen LogP contribution is -2.53. The average Bonchev–Trinajstić information content (AvgIpc) is 3.01. The molecule has 0 bridgehead atoms. The first-order valence-corrected chi connectivity index (χ1v) is 9.11. The molecular weight excluding hydrogens is 344 g/mol. The largest absolute Gasteiger partial charge is 0.497 e. The maximum atomic E-state index is 12.8. The number of carbonyl (C=O) groups excluding carboxylic acids is 2. The van der Waals surface area contributed by atoms with Gasteiger partial charge in [-0.3, -0.25) is 14.3 Å². The highest BCUT2D eigenvalue weighted by molar-refractivity contribution is 5.87. The molecule has 7 heteroatoms. The minimum atomic E-state index is -0.417. The fourth-order valence-corrected chi connectivity index (χ4v) is 3.42. The van der Waals surface area contributed by atoms with Crippen LogP contribution in [0, 0.1) is 13.8 Å². The predicted molar refractivity (Wildman–Crippen MR) is 101 cm³/mol. The number of benzene rings is 1. The fourth-order valence-electron chi connectivity index (χ4n) is 3.42. The van der Waals surface area contributed by atoms with Gasteiger partial charge in [0.1, 0.15) is 11.8 Å². The van der Waals surface area contributed by atoms with Gasteiger partial charge in [-0.05, 0) is 44.5 Å².